The maximum Gasteiger partial charge on any atom is 0.262 e. The quantitative estimate of drug-likeness (QED) is 0.897. The lowest BCUT2D eigenvalue weighted by Crippen LogP contribution is -2.20. The molecule has 0 aromatic heterocycles. The van der Waals surface area contributed by atoms with Crippen molar-refractivity contribution in [3.63, 3.8) is 0 Å². The van der Waals surface area contributed by atoms with Crippen LogP contribution in [0.4, 0.5) is 5.69 Å². The van der Waals surface area contributed by atoms with Crippen molar-refractivity contribution in [2.45, 2.75) is 20.3 Å². The second kappa shape index (κ2) is 7.14. The van der Waals surface area contributed by atoms with E-state index in [1.54, 1.807) is 6.07 Å². The fourth-order valence-corrected chi connectivity index (χ4v) is 2.16. The molecule has 2 rings (SSSR count). The highest BCUT2D eigenvalue weighted by Gasteiger charge is 2.07. The van der Waals surface area contributed by atoms with Crippen LogP contribution in [0.2, 0.25) is 5.02 Å². The van der Waals surface area contributed by atoms with Gasteiger partial charge in [0.15, 0.2) is 6.61 Å². The van der Waals surface area contributed by atoms with Crippen molar-refractivity contribution in [1.82, 2.24) is 0 Å². The van der Waals surface area contributed by atoms with Gasteiger partial charge < -0.3 is 10.1 Å². The molecule has 0 atom stereocenters. The maximum atomic E-state index is 11.9. The highest BCUT2D eigenvalue weighted by atomic mass is 35.5. The van der Waals surface area contributed by atoms with Gasteiger partial charge in [-0.3, -0.25) is 4.79 Å². The highest BCUT2D eigenvalue weighted by molar-refractivity contribution is 6.33. The first-order chi connectivity index (χ1) is 10.1. The summed E-state index contributed by atoms with van der Waals surface area (Å²) in [4.78, 5) is 11.9. The molecule has 0 aliphatic heterocycles. The lowest BCUT2D eigenvalue weighted by molar-refractivity contribution is -0.118. The Hall–Kier alpha value is -2.00. The summed E-state index contributed by atoms with van der Waals surface area (Å²) < 4.78 is 5.45. The van der Waals surface area contributed by atoms with E-state index in [-0.39, 0.29) is 12.5 Å². The molecule has 2 aromatic rings. The molecule has 110 valence electrons. The van der Waals surface area contributed by atoms with Gasteiger partial charge in [-0.2, -0.15) is 0 Å². The summed E-state index contributed by atoms with van der Waals surface area (Å²) in [6, 6.07) is 13.2. The molecular formula is C17H18ClNO2. The summed E-state index contributed by atoms with van der Waals surface area (Å²) in [5, 5.41) is 3.26. The van der Waals surface area contributed by atoms with Gasteiger partial charge in [0.1, 0.15) is 5.75 Å². The predicted molar refractivity (Wildman–Crippen MR) is 86.1 cm³/mol. The monoisotopic (exact) mass is 303 g/mol. The van der Waals surface area contributed by atoms with E-state index in [0.717, 1.165) is 12.0 Å². The summed E-state index contributed by atoms with van der Waals surface area (Å²) in [5.74, 6) is 0.442. The fourth-order valence-electron chi connectivity index (χ4n) is 1.88. The van der Waals surface area contributed by atoms with Crippen molar-refractivity contribution >= 4 is 23.2 Å². The number of ether oxygens (including phenoxy) is 1. The van der Waals surface area contributed by atoms with Crippen LogP contribution in [0.1, 0.15) is 18.1 Å². The Labute approximate surface area is 129 Å². The Kier molecular flexibility index (Phi) is 5.23. The summed E-state index contributed by atoms with van der Waals surface area (Å²) >= 11 is 6.07. The smallest absolute Gasteiger partial charge is 0.262 e. The van der Waals surface area contributed by atoms with E-state index in [4.69, 9.17) is 16.3 Å². The molecule has 21 heavy (non-hydrogen) atoms. The van der Waals surface area contributed by atoms with Crippen molar-refractivity contribution in [2.24, 2.45) is 0 Å². The van der Waals surface area contributed by atoms with Gasteiger partial charge in [-0.25, -0.2) is 0 Å². The van der Waals surface area contributed by atoms with Crippen molar-refractivity contribution in [3.8, 4) is 5.75 Å². The zero-order valence-electron chi connectivity index (χ0n) is 12.2. The van der Waals surface area contributed by atoms with E-state index in [1.165, 1.54) is 5.56 Å². The minimum atomic E-state index is -0.236. The van der Waals surface area contributed by atoms with E-state index in [9.17, 15) is 4.79 Å². The van der Waals surface area contributed by atoms with E-state index in [1.807, 2.05) is 43.3 Å². The summed E-state index contributed by atoms with van der Waals surface area (Å²) in [6.45, 7) is 3.99. The van der Waals surface area contributed by atoms with Crippen molar-refractivity contribution in [3.05, 3.63) is 58.6 Å². The summed E-state index contributed by atoms with van der Waals surface area (Å²) in [5.41, 5.74) is 2.88. The molecule has 0 bridgehead atoms. The van der Waals surface area contributed by atoms with Gasteiger partial charge in [-0.1, -0.05) is 36.7 Å². The van der Waals surface area contributed by atoms with Crippen LogP contribution in [-0.4, -0.2) is 12.5 Å². The molecule has 0 aliphatic rings. The van der Waals surface area contributed by atoms with E-state index in [0.29, 0.717) is 16.5 Å². The van der Waals surface area contributed by atoms with Crippen LogP contribution in [0.5, 0.6) is 5.75 Å². The van der Waals surface area contributed by atoms with Crippen molar-refractivity contribution < 1.29 is 9.53 Å². The highest BCUT2D eigenvalue weighted by Crippen LogP contribution is 2.22. The third-order valence-corrected chi connectivity index (χ3v) is 3.41. The number of hydrogen-bond donors (Lipinski definition) is 1. The molecule has 1 N–H and O–H groups in total. The molecule has 0 heterocycles. The Morgan fingerprint density at radius 1 is 1.19 bits per heavy atom. The number of carbonyl (C=O) groups is 1. The average Bonchev–Trinajstić information content (AvgIpc) is 2.48. The minimum Gasteiger partial charge on any atom is -0.484 e. The van der Waals surface area contributed by atoms with Crippen LogP contribution >= 0.6 is 11.6 Å². The molecule has 1 amide bonds. The zero-order chi connectivity index (χ0) is 15.2. The van der Waals surface area contributed by atoms with Crippen LogP contribution in [-0.2, 0) is 11.2 Å². The van der Waals surface area contributed by atoms with Crippen LogP contribution < -0.4 is 10.1 Å². The second-order valence-corrected chi connectivity index (χ2v) is 5.22. The normalized spacial score (nSPS) is 10.2. The fraction of sp³-hybridized carbons (Fsp3) is 0.235. The van der Waals surface area contributed by atoms with Gasteiger partial charge in [-0.15, -0.1) is 0 Å². The number of anilines is 1. The van der Waals surface area contributed by atoms with Gasteiger partial charge in [0.25, 0.3) is 5.91 Å². The van der Waals surface area contributed by atoms with E-state index in [2.05, 4.69) is 12.2 Å². The number of amides is 1. The first-order valence-electron chi connectivity index (χ1n) is 6.86. The average molecular weight is 304 g/mol. The standard InChI is InChI=1S/C17H18ClNO2/c1-3-13-5-7-14(8-6-13)21-11-17(20)19-16-9-4-12(2)10-15(16)18/h4-10H,3,11H2,1-2H3,(H,19,20). The first kappa shape index (κ1) is 15.4. The number of rotatable bonds is 5. The lowest BCUT2D eigenvalue weighted by Gasteiger charge is -2.09. The number of nitrogens with one attached hydrogen (secondary N) is 1. The van der Waals surface area contributed by atoms with E-state index < -0.39 is 0 Å². The SMILES string of the molecule is CCc1ccc(OCC(=O)Nc2ccc(C)cc2Cl)cc1. The van der Waals surface area contributed by atoms with Gasteiger partial charge in [0.05, 0.1) is 10.7 Å². The largest absolute Gasteiger partial charge is 0.484 e. The molecule has 0 fully saturated rings. The number of hydrogen-bond acceptors (Lipinski definition) is 2. The molecule has 0 unspecified atom stereocenters. The molecular weight excluding hydrogens is 286 g/mol. The molecule has 0 radical (unpaired) electrons. The predicted octanol–water partition coefficient (Wildman–Crippen LogP) is 4.23. The summed E-state index contributed by atoms with van der Waals surface area (Å²) in [7, 11) is 0. The number of halogens is 1. The zero-order valence-corrected chi connectivity index (χ0v) is 12.9. The Morgan fingerprint density at radius 2 is 1.90 bits per heavy atom. The maximum absolute atomic E-state index is 11.9. The molecule has 2 aromatic carbocycles. The number of carbonyl (C=O) groups excluding carboxylic acids is 1. The third kappa shape index (κ3) is 4.50. The molecule has 3 nitrogen and oxygen atoms in total. The van der Waals surface area contributed by atoms with Gasteiger partial charge in [0.2, 0.25) is 0 Å². The molecule has 4 heteroatoms. The second-order valence-electron chi connectivity index (χ2n) is 4.82. The topological polar surface area (TPSA) is 38.3 Å². The van der Waals surface area contributed by atoms with Gasteiger partial charge >= 0.3 is 0 Å². The Balaban J connectivity index is 1.89. The van der Waals surface area contributed by atoms with Gasteiger partial charge in [-0.05, 0) is 48.7 Å². The van der Waals surface area contributed by atoms with E-state index >= 15 is 0 Å². The molecule has 0 saturated heterocycles. The Bertz CT molecular complexity index is 623. The molecule has 0 saturated carbocycles. The molecule has 0 spiro atoms. The number of benzene rings is 2. The Morgan fingerprint density at radius 3 is 2.52 bits per heavy atom. The van der Waals surface area contributed by atoms with Crippen molar-refractivity contribution in [1.29, 1.82) is 0 Å². The minimum absolute atomic E-state index is 0.0460. The lowest BCUT2D eigenvalue weighted by atomic mass is 10.2. The number of aryl methyl sites for hydroxylation is 2. The molecule has 0 aliphatic carbocycles. The first-order valence-corrected chi connectivity index (χ1v) is 7.24. The third-order valence-electron chi connectivity index (χ3n) is 3.10. The summed E-state index contributed by atoms with van der Waals surface area (Å²) in [6.07, 6.45) is 0.979. The van der Waals surface area contributed by atoms with Crippen LogP contribution in [0.15, 0.2) is 42.5 Å². The van der Waals surface area contributed by atoms with Crippen LogP contribution in [0.25, 0.3) is 0 Å². The van der Waals surface area contributed by atoms with Crippen LogP contribution in [0, 0.1) is 6.92 Å². The van der Waals surface area contributed by atoms with Crippen LogP contribution in [0.3, 0.4) is 0 Å². The van der Waals surface area contributed by atoms with Gasteiger partial charge in [0, 0.05) is 0 Å². The van der Waals surface area contributed by atoms with Crippen molar-refractivity contribution in [2.75, 3.05) is 11.9 Å².